The number of hydrogen-bond donors (Lipinski definition) is 2. The summed E-state index contributed by atoms with van der Waals surface area (Å²) in [5.74, 6) is -0.473. The van der Waals surface area contributed by atoms with Gasteiger partial charge in [-0.3, -0.25) is 14.3 Å². The van der Waals surface area contributed by atoms with Crippen LogP contribution in [-0.4, -0.2) is 53.4 Å². The molecule has 0 amide bonds. The summed E-state index contributed by atoms with van der Waals surface area (Å²) < 4.78 is 54.9. The zero-order valence-corrected chi connectivity index (χ0v) is 21.3. The summed E-state index contributed by atoms with van der Waals surface area (Å²) in [6.07, 6.45) is -4.08. The van der Waals surface area contributed by atoms with Crippen molar-refractivity contribution in [3.05, 3.63) is 80.5 Å². The highest BCUT2D eigenvalue weighted by Gasteiger charge is 2.50. The van der Waals surface area contributed by atoms with E-state index in [0.29, 0.717) is 0 Å². The Balaban J connectivity index is 1.84. The molecular formula is C26H28F3N4O6+. The summed E-state index contributed by atoms with van der Waals surface area (Å²) in [5.41, 5.74) is 0.649. The average molecular weight is 550 g/mol. The van der Waals surface area contributed by atoms with Crippen LogP contribution in [0.2, 0.25) is 0 Å². The molecular weight excluding hydrogens is 521 g/mol. The van der Waals surface area contributed by atoms with Crippen molar-refractivity contribution in [1.29, 1.82) is 0 Å². The first-order chi connectivity index (χ1) is 18.6. The van der Waals surface area contributed by atoms with Crippen molar-refractivity contribution in [3.63, 3.8) is 0 Å². The summed E-state index contributed by atoms with van der Waals surface area (Å²) in [7, 11) is 1.44. The predicted molar refractivity (Wildman–Crippen MR) is 137 cm³/mol. The minimum atomic E-state index is -4.90. The number of quaternary nitrogens is 1. The number of benzene rings is 2. The highest BCUT2D eigenvalue weighted by atomic mass is 19.4. The molecule has 39 heavy (non-hydrogen) atoms. The minimum Gasteiger partial charge on any atom is -0.406 e. The molecule has 1 atom stereocenters. The van der Waals surface area contributed by atoms with Crippen LogP contribution in [0.25, 0.3) is 0 Å². The Kier molecular flexibility index (Phi) is 8.23. The van der Waals surface area contributed by atoms with E-state index in [-0.39, 0.29) is 60.7 Å². The second-order valence-electron chi connectivity index (χ2n) is 8.87. The van der Waals surface area contributed by atoms with Gasteiger partial charge in [0.05, 0.1) is 19.8 Å². The van der Waals surface area contributed by atoms with Crippen molar-refractivity contribution < 1.29 is 32.5 Å². The first-order valence-corrected chi connectivity index (χ1v) is 12.2. The van der Waals surface area contributed by atoms with Crippen LogP contribution in [0.5, 0.6) is 11.5 Å². The minimum absolute atomic E-state index is 0.0233. The van der Waals surface area contributed by atoms with Crippen LogP contribution in [0.1, 0.15) is 18.1 Å². The van der Waals surface area contributed by atoms with Crippen LogP contribution < -0.4 is 25.2 Å². The smallest absolute Gasteiger partial charge is 0.406 e. The summed E-state index contributed by atoms with van der Waals surface area (Å²) in [6.45, 7) is 2.17. The van der Waals surface area contributed by atoms with Crippen LogP contribution in [0.3, 0.4) is 0 Å². The number of aryl methyl sites for hydroxylation is 1. The van der Waals surface area contributed by atoms with Gasteiger partial charge in [0.15, 0.2) is 0 Å². The number of aromatic amines is 1. The zero-order valence-electron chi connectivity index (χ0n) is 21.3. The standard InChI is InChI=1S/C26H27F3N4O6/c1-3-17-7-9-18(10-8-17)16-33(11-13-37-14-12-34)21-22(32(2)24(36)31-23(21)35)30-25(33)38-19-5-4-6-20(15-19)39-26(27,28)29/h4-10,15,34H,3,11-14,16H2,1-2H3/p+1. The van der Waals surface area contributed by atoms with Gasteiger partial charge in [-0.2, -0.15) is 4.48 Å². The van der Waals surface area contributed by atoms with Gasteiger partial charge in [0.2, 0.25) is 5.82 Å². The molecule has 3 aromatic rings. The van der Waals surface area contributed by atoms with E-state index in [2.05, 4.69) is 14.7 Å². The van der Waals surface area contributed by atoms with Gasteiger partial charge < -0.3 is 19.3 Å². The first kappa shape index (κ1) is 28.1. The Morgan fingerprint density at radius 1 is 1.05 bits per heavy atom. The van der Waals surface area contributed by atoms with Gasteiger partial charge in [-0.25, -0.2) is 4.79 Å². The number of H-pyrrole nitrogens is 1. The number of rotatable bonds is 10. The van der Waals surface area contributed by atoms with Crippen LogP contribution in [-0.2, 0) is 24.8 Å². The molecule has 4 rings (SSSR count). The monoisotopic (exact) mass is 549 g/mol. The lowest BCUT2D eigenvalue weighted by molar-refractivity contribution is -0.274. The van der Waals surface area contributed by atoms with Gasteiger partial charge in [-0.05, 0) is 24.1 Å². The van der Waals surface area contributed by atoms with E-state index in [9.17, 15) is 22.8 Å². The second kappa shape index (κ2) is 11.4. The van der Waals surface area contributed by atoms with Gasteiger partial charge in [-0.15, -0.1) is 18.2 Å². The van der Waals surface area contributed by atoms with E-state index in [1.807, 2.05) is 31.2 Å². The molecule has 2 N–H and O–H groups in total. The molecule has 2 heterocycles. The molecule has 10 nitrogen and oxygen atoms in total. The molecule has 0 saturated heterocycles. The van der Waals surface area contributed by atoms with Crippen LogP contribution >= 0.6 is 0 Å². The van der Waals surface area contributed by atoms with E-state index in [0.717, 1.165) is 34.2 Å². The summed E-state index contributed by atoms with van der Waals surface area (Å²) in [4.78, 5) is 32.4. The highest BCUT2D eigenvalue weighted by molar-refractivity contribution is 5.97. The van der Waals surface area contributed by atoms with E-state index in [4.69, 9.17) is 14.6 Å². The number of amidine groups is 1. The third-order valence-corrected chi connectivity index (χ3v) is 6.25. The van der Waals surface area contributed by atoms with Crippen LogP contribution in [0.4, 0.5) is 24.7 Å². The number of alkyl halides is 3. The van der Waals surface area contributed by atoms with Crippen molar-refractivity contribution in [3.8, 4) is 11.5 Å². The Morgan fingerprint density at radius 2 is 1.74 bits per heavy atom. The van der Waals surface area contributed by atoms with Gasteiger partial charge in [0.1, 0.15) is 24.6 Å². The molecule has 0 aliphatic carbocycles. The Labute approximate surface area is 221 Å². The Hall–Kier alpha value is -3.94. The first-order valence-electron chi connectivity index (χ1n) is 12.2. The fourth-order valence-electron chi connectivity index (χ4n) is 4.36. The number of halogens is 3. The van der Waals surface area contributed by atoms with Crippen molar-refractivity contribution >= 4 is 17.5 Å². The van der Waals surface area contributed by atoms with Crippen molar-refractivity contribution in [2.75, 3.05) is 26.4 Å². The molecule has 208 valence electrons. The van der Waals surface area contributed by atoms with Crippen LogP contribution in [0, 0.1) is 0 Å². The molecule has 0 bridgehead atoms. The number of aliphatic imine (C=N–C) groups is 1. The number of nitrogens with zero attached hydrogens (tertiary/aromatic N) is 3. The molecule has 0 radical (unpaired) electrons. The van der Waals surface area contributed by atoms with Crippen molar-refractivity contribution in [2.45, 2.75) is 26.3 Å². The second-order valence-corrected chi connectivity index (χ2v) is 8.87. The Morgan fingerprint density at radius 3 is 2.41 bits per heavy atom. The molecule has 1 unspecified atom stereocenters. The fraction of sp³-hybridized carbons (Fsp3) is 0.346. The summed E-state index contributed by atoms with van der Waals surface area (Å²) in [5, 5.41) is 9.17. The van der Waals surface area contributed by atoms with Gasteiger partial charge in [-0.1, -0.05) is 37.3 Å². The van der Waals surface area contributed by atoms with E-state index >= 15 is 0 Å². The molecule has 13 heteroatoms. The summed E-state index contributed by atoms with van der Waals surface area (Å²) >= 11 is 0. The summed E-state index contributed by atoms with van der Waals surface area (Å²) in [6, 6.07) is 12.6. The van der Waals surface area contributed by atoms with Gasteiger partial charge in [0, 0.05) is 18.7 Å². The number of fused-ring (bicyclic) bond motifs is 1. The maximum atomic E-state index is 13.2. The number of aliphatic hydroxyl groups is 1. The number of hydrogen-bond acceptors (Lipinski definition) is 7. The SMILES string of the molecule is CCc1ccc(C[N+]2(CCOCCO)C(Oc3cccc(OC(F)(F)F)c3)=Nc3c2c(=O)[nH]c(=O)n3C)cc1. The lowest BCUT2D eigenvalue weighted by Crippen LogP contribution is -2.58. The zero-order chi connectivity index (χ0) is 28.2. The topological polar surface area (TPSA) is 115 Å². The number of aromatic nitrogens is 2. The number of nitrogens with one attached hydrogen (secondary N) is 1. The normalized spacial score (nSPS) is 16.6. The molecule has 0 saturated carbocycles. The predicted octanol–water partition coefficient (Wildman–Crippen LogP) is 3.13. The largest absolute Gasteiger partial charge is 0.573 e. The van der Waals surface area contributed by atoms with E-state index in [1.54, 1.807) is 0 Å². The number of ether oxygens (including phenoxy) is 3. The quantitative estimate of drug-likeness (QED) is 0.297. The molecule has 0 spiro atoms. The number of aliphatic hydroxyl groups excluding tert-OH is 1. The lowest BCUT2D eigenvalue weighted by Gasteiger charge is -2.32. The molecule has 1 aromatic heterocycles. The highest BCUT2D eigenvalue weighted by Crippen LogP contribution is 2.39. The molecule has 0 fully saturated rings. The maximum Gasteiger partial charge on any atom is 0.573 e. The third kappa shape index (κ3) is 6.21. The third-order valence-electron chi connectivity index (χ3n) is 6.25. The van der Waals surface area contributed by atoms with Crippen molar-refractivity contribution in [2.24, 2.45) is 12.0 Å². The van der Waals surface area contributed by atoms with E-state index in [1.165, 1.54) is 19.2 Å². The van der Waals surface area contributed by atoms with Crippen molar-refractivity contribution in [1.82, 2.24) is 14.0 Å². The van der Waals surface area contributed by atoms with Gasteiger partial charge >= 0.3 is 23.6 Å². The molecule has 1 aliphatic rings. The maximum absolute atomic E-state index is 13.2. The molecule has 1 aliphatic heterocycles. The molecule has 2 aromatic carbocycles. The van der Waals surface area contributed by atoms with E-state index < -0.39 is 23.4 Å². The Bertz CT molecular complexity index is 1470. The fourth-order valence-corrected chi connectivity index (χ4v) is 4.36. The lowest BCUT2D eigenvalue weighted by atomic mass is 10.1. The average Bonchev–Trinajstić information content (AvgIpc) is 3.19. The van der Waals surface area contributed by atoms with Crippen LogP contribution in [0.15, 0.2) is 63.1 Å². The van der Waals surface area contributed by atoms with Gasteiger partial charge in [0.25, 0.3) is 5.69 Å².